The fraction of sp³-hybridized carbons (Fsp3) is 1.00. The van der Waals surface area contributed by atoms with Gasteiger partial charge in [0, 0.05) is 25.8 Å². The Hall–Kier alpha value is -0.330. The van der Waals surface area contributed by atoms with Crippen LogP contribution in [0.25, 0.3) is 0 Å². The lowest BCUT2D eigenvalue weighted by Gasteiger charge is -2.46. The number of rotatable bonds is 5. The first-order valence-electron chi connectivity index (χ1n) is 7.42. The van der Waals surface area contributed by atoms with Gasteiger partial charge in [0.15, 0.2) is 0 Å². The maximum atomic E-state index is 12.8. The summed E-state index contributed by atoms with van der Waals surface area (Å²) in [7, 11) is 1.63. The van der Waals surface area contributed by atoms with Crippen LogP contribution in [0.1, 0.15) is 39.0 Å². The summed E-state index contributed by atoms with van der Waals surface area (Å²) in [5.74, 6) is -1.16. The largest absolute Gasteiger partial charge is 0.391 e. The van der Waals surface area contributed by atoms with Crippen LogP contribution < -0.4 is 5.32 Å². The fourth-order valence-electron chi connectivity index (χ4n) is 3.38. The second-order valence-corrected chi connectivity index (χ2v) is 5.81. The lowest BCUT2D eigenvalue weighted by molar-refractivity contribution is -0.185. The Labute approximate surface area is 118 Å². The van der Waals surface area contributed by atoms with Gasteiger partial charge in [0.2, 0.25) is 0 Å². The van der Waals surface area contributed by atoms with Gasteiger partial charge in [-0.15, -0.1) is 0 Å². The average Bonchev–Trinajstić information content (AvgIpc) is 2.37. The van der Waals surface area contributed by atoms with Gasteiger partial charge in [-0.25, -0.2) is 0 Å². The molecule has 0 aliphatic heterocycles. The Morgan fingerprint density at radius 1 is 1.20 bits per heavy atom. The molecule has 0 amide bonds. The second-order valence-electron chi connectivity index (χ2n) is 5.81. The van der Waals surface area contributed by atoms with E-state index >= 15 is 0 Å². The average molecular weight is 295 g/mol. The van der Waals surface area contributed by atoms with Crippen molar-refractivity contribution in [2.24, 2.45) is 5.92 Å². The standard InChI is InChI=1S/C14H24F3NO2/c1-3-20-12-8-11(13(12)19-2)18-10-6-4-5-9(7-10)14(15,16)17/h9-13,18H,3-8H2,1-2H3. The van der Waals surface area contributed by atoms with E-state index in [1.807, 2.05) is 6.92 Å². The summed E-state index contributed by atoms with van der Waals surface area (Å²) >= 11 is 0. The van der Waals surface area contributed by atoms with Crippen molar-refractivity contribution in [3.63, 3.8) is 0 Å². The minimum atomic E-state index is -4.06. The maximum absolute atomic E-state index is 12.8. The highest BCUT2D eigenvalue weighted by Crippen LogP contribution is 2.38. The molecule has 2 aliphatic carbocycles. The lowest BCUT2D eigenvalue weighted by atomic mass is 9.81. The van der Waals surface area contributed by atoms with Crippen LogP contribution in [0.4, 0.5) is 13.2 Å². The van der Waals surface area contributed by atoms with Crippen LogP contribution in [-0.2, 0) is 9.47 Å². The molecule has 0 spiro atoms. The highest BCUT2D eigenvalue weighted by atomic mass is 19.4. The number of alkyl halides is 3. The van der Waals surface area contributed by atoms with Crippen molar-refractivity contribution in [2.75, 3.05) is 13.7 Å². The topological polar surface area (TPSA) is 30.5 Å². The summed E-state index contributed by atoms with van der Waals surface area (Å²) in [6.07, 6.45) is -1.30. The van der Waals surface area contributed by atoms with Gasteiger partial charge in [-0.05, 0) is 32.6 Å². The Balaban J connectivity index is 1.82. The fourth-order valence-corrected chi connectivity index (χ4v) is 3.38. The third kappa shape index (κ3) is 3.65. The molecule has 118 valence electrons. The van der Waals surface area contributed by atoms with E-state index in [-0.39, 0.29) is 37.1 Å². The van der Waals surface area contributed by atoms with E-state index in [0.717, 1.165) is 12.8 Å². The molecule has 0 aromatic rings. The molecule has 3 nitrogen and oxygen atoms in total. The van der Waals surface area contributed by atoms with Crippen molar-refractivity contribution in [1.82, 2.24) is 5.32 Å². The molecule has 0 aromatic carbocycles. The van der Waals surface area contributed by atoms with Gasteiger partial charge < -0.3 is 14.8 Å². The highest BCUT2D eigenvalue weighted by molar-refractivity contribution is 4.99. The normalized spacial score (nSPS) is 38.5. The molecule has 5 atom stereocenters. The minimum Gasteiger partial charge on any atom is -0.377 e. The van der Waals surface area contributed by atoms with Crippen LogP contribution in [0, 0.1) is 5.92 Å². The zero-order valence-electron chi connectivity index (χ0n) is 12.1. The lowest BCUT2D eigenvalue weighted by Crippen LogP contribution is -2.62. The summed E-state index contributed by atoms with van der Waals surface area (Å²) in [5, 5.41) is 3.34. The van der Waals surface area contributed by atoms with Crippen LogP contribution in [-0.4, -0.2) is 44.2 Å². The predicted octanol–water partition coefficient (Wildman–Crippen LogP) is 2.89. The summed E-state index contributed by atoms with van der Waals surface area (Å²) < 4.78 is 49.3. The molecule has 0 saturated heterocycles. The summed E-state index contributed by atoms with van der Waals surface area (Å²) in [5.41, 5.74) is 0. The van der Waals surface area contributed by atoms with E-state index in [1.165, 1.54) is 0 Å². The van der Waals surface area contributed by atoms with E-state index in [9.17, 15) is 13.2 Å². The van der Waals surface area contributed by atoms with Crippen molar-refractivity contribution in [2.45, 2.75) is 69.5 Å². The van der Waals surface area contributed by atoms with Crippen molar-refractivity contribution in [3.05, 3.63) is 0 Å². The number of hydrogen-bond acceptors (Lipinski definition) is 3. The number of nitrogens with one attached hydrogen (secondary N) is 1. The van der Waals surface area contributed by atoms with Crippen LogP contribution in [0.2, 0.25) is 0 Å². The zero-order chi connectivity index (χ0) is 14.8. The van der Waals surface area contributed by atoms with E-state index < -0.39 is 12.1 Å². The monoisotopic (exact) mass is 295 g/mol. The van der Waals surface area contributed by atoms with Gasteiger partial charge in [0.1, 0.15) is 0 Å². The van der Waals surface area contributed by atoms with Gasteiger partial charge in [0.05, 0.1) is 18.1 Å². The van der Waals surface area contributed by atoms with Gasteiger partial charge in [-0.2, -0.15) is 13.2 Å². The summed E-state index contributed by atoms with van der Waals surface area (Å²) in [6, 6.07) is 0.0640. The molecular weight excluding hydrogens is 271 g/mol. The molecule has 2 aliphatic rings. The first kappa shape index (κ1) is 16.0. The van der Waals surface area contributed by atoms with E-state index in [1.54, 1.807) is 7.11 Å². The van der Waals surface area contributed by atoms with Crippen LogP contribution in [0.5, 0.6) is 0 Å². The SMILES string of the molecule is CCOC1CC(NC2CCCC(C(F)(F)F)C2)C1OC. The van der Waals surface area contributed by atoms with E-state index in [0.29, 0.717) is 13.0 Å². The third-order valence-corrected chi connectivity index (χ3v) is 4.49. The van der Waals surface area contributed by atoms with Gasteiger partial charge in [0.25, 0.3) is 0 Å². The third-order valence-electron chi connectivity index (χ3n) is 4.49. The molecule has 0 aromatic heterocycles. The predicted molar refractivity (Wildman–Crippen MR) is 69.6 cm³/mol. The Kier molecular flexibility index (Phi) is 5.31. The maximum Gasteiger partial charge on any atom is 0.391 e. The zero-order valence-corrected chi connectivity index (χ0v) is 12.1. The number of halogens is 3. The van der Waals surface area contributed by atoms with Gasteiger partial charge in [-0.3, -0.25) is 0 Å². The number of ether oxygens (including phenoxy) is 2. The quantitative estimate of drug-likeness (QED) is 0.846. The Morgan fingerprint density at radius 3 is 2.55 bits per heavy atom. The molecule has 20 heavy (non-hydrogen) atoms. The molecule has 2 fully saturated rings. The molecule has 0 heterocycles. The summed E-state index contributed by atoms with van der Waals surface area (Å²) in [4.78, 5) is 0. The second kappa shape index (κ2) is 6.62. The number of hydrogen-bond donors (Lipinski definition) is 1. The van der Waals surface area contributed by atoms with E-state index in [4.69, 9.17) is 9.47 Å². The smallest absolute Gasteiger partial charge is 0.377 e. The Morgan fingerprint density at radius 2 is 1.95 bits per heavy atom. The number of methoxy groups -OCH3 is 1. The van der Waals surface area contributed by atoms with Crippen molar-refractivity contribution >= 4 is 0 Å². The first-order valence-corrected chi connectivity index (χ1v) is 7.42. The molecule has 1 N–H and O–H groups in total. The minimum absolute atomic E-state index is 0.0405. The van der Waals surface area contributed by atoms with Crippen molar-refractivity contribution in [3.8, 4) is 0 Å². The molecule has 0 bridgehead atoms. The van der Waals surface area contributed by atoms with Gasteiger partial charge >= 0.3 is 6.18 Å². The molecular formula is C14H24F3NO2. The molecule has 5 unspecified atom stereocenters. The van der Waals surface area contributed by atoms with Gasteiger partial charge in [-0.1, -0.05) is 6.42 Å². The van der Waals surface area contributed by atoms with Crippen LogP contribution in [0.15, 0.2) is 0 Å². The molecule has 2 rings (SSSR count). The molecule has 2 saturated carbocycles. The van der Waals surface area contributed by atoms with Crippen LogP contribution in [0.3, 0.4) is 0 Å². The van der Waals surface area contributed by atoms with E-state index in [2.05, 4.69) is 5.32 Å². The summed E-state index contributed by atoms with van der Waals surface area (Å²) in [6.45, 7) is 2.57. The van der Waals surface area contributed by atoms with Crippen molar-refractivity contribution < 1.29 is 22.6 Å². The highest BCUT2D eigenvalue weighted by Gasteiger charge is 2.46. The van der Waals surface area contributed by atoms with Crippen molar-refractivity contribution in [1.29, 1.82) is 0 Å². The molecule has 6 heteroatoms. The van der Waals surface area contributed by atoms with Crippen LogP contribution >= 0.6 is 0 Å². The first-order chi connectivity index (χ1) is 9.45. The Bertz CT molecular complexity index is 311. The molecule has 0 radical (unpaired) electrons.